The number of rotatable bonds is 7. The van der Waals surface area contributed by atoms with E-state index in [0.717, 1.165) is 21.4 Å². The molecule has 0 atom stereocenters. The number of aryl methyl sites for hydroxylation is 1. The number of imidazole rings is 1. The summed E-state index contributed by atoms with van der Waals surface area (Å²) in [5.74, 6) is 0.297. The average molecular weight is 446 g/mol. The highest BCUT2D eigenvalue weighted by Gasteiger charge is 2.15. The van der Waals surface area contributed by atoms with Crippen molar-refractivity contribution in [1.29, 1.82) is 0 Å². The lowest BCUT2D eigenvalue weighted by molar-refractivity contribution is -0.121. The number of amides is 1. The second kappa shape index (κ2) is 9.35. The second-order valence-electron chi connectivity index (χ2n) is 7.39. The van der Waals surface area contributed by atoms with Gasteiger partial charge in [0.05, 0.1) is 12.5 Å². The fourth-order valence-corrected chi connectivity index (χ4v) is 3.32. The van der Waals surface area contributed by atoms with Crippen LogP contribution in [0.4, 0.5) is 0 Å². The molecule has 2 aromatic heterocycles. The largest absolute Gasteiger partial charge is 0.489 e. The average Bonchev–Trinajstić information content (AvgIpc) is 3.25. The Bertz CT molecular complexity index is 1430. The van der Waals surface area contributed by atoms with Crippen molar-refractivity contribution in [2.75, 3.05) is 0 Å². The molecule has 4 rings (SSSR count). The van der Waals surface area contributed by atoms with E-state index in [2.05, 4.69) is 15.5 Å². The van der Waals surface area contributed by atoms with Crippen LogP contribution >= 0.6 is 0 Å². The maximum Gasteiger partial charge on any atom is 0.332 e. The summed E-state index contributed by atoms with van der Waals surface area (Å²) >= 11 is 0. The van der Waals surface area contributed by atoms with Crippen molar-refractivity contribution in [3.63, 3.8) is 0 Å². The van der Waals surface area contributed by atoms with E-state index >= 15 is 0 Å². The number of hydrazone groups is 1. The second-order valence-corrected chi connectivity index (χ2v) is 7.39. The Morgan fingerprint density at radius 1 is 1.06 bits per heavy atom. The number of ether oxygens (including phenoxy) is 1. The lowest BCUT2D eigenvalue weighted by Gasteiger charge is -2.08. The monoisotopic (exact) mass is 446 g/mol. The molecule has 0 fully saturated rings. The molecule has 4 aromatic rings. The summed E-state index contributed by atoms with van der Waals surface area (Å²) in [4.78, 5) is 40.7. The van der Waals surface area contributed by atoms with Crippen molar-refractivity contribution in [2.24, 2.45) is 19.2 Å². The summed E-state index contributed by atoms with van der Waals surface area (Å²) in [6, 6.07) is 17.2. The number of carbonyl (C=O) groups excluding carboxylic acids is 1. The van der Waals surface area contributed by atoms with Gasteiger partial charge in [-0.2, -0.15) is 5.10 Å². The molecule has 0 saturated heterocycles. The van der Waals surface area contributed by atoms with Crippen molar-refractivity contribution in [1.82, 2.24) is 24.1 Å². The van der Waals surface area contributed by atoms with Crippen LogP contribution in [-0.2, 0) is 32.0 Å². The van der Waals surface area contributed by atoms with E-state index in [1.807, 2.05) is 54.6 Å². The minimum absolute atomic E-state index is 0.116. The number of fused-ring (bicyclic) bond motifs is 1. The zero-order valence-corrected chi connectivity index (χ0v) is 18.1. The summed E-state index contributed by atoms with van der Waals surface area (Å²) in [5.41, 5.74) is 3.67. The maximum absolute atomic E-state index is 12.3. The fraction of sp³-hybridized carbons (Fsp3) is 0.174. The van der Waals surface area contributed by atoms with E-state index < -0.39 is 17.2 Å². The van der Waals surface area contributed by atoms with Crippen molar-refractivity contribution < 1.29 is 9.53 Å². The SMILES string of the molecule is Cn1c(=O)c2ncn(CC(=O)N/N=C\c3ccc(OCc4ccccc4)cc3)c2n(C)c1=O. The molecule has 0 unspecified atom stereocenters. The molecule has 0 spiro atoms. The number of carbonyl (C=O) groups is 1. The molecule has 1 amide bonds. The minimum Gasteiger partial charge on any atom is -0.489 e. The highest BCUT2D eigenvalue weighted by molar-refractivity contribution is 5.83. The molecule has 0 aliphatic carbocycles. The van der Waals surface area contributed by atoms with Crippen LogP contribution in [0.15, 0.2) is 75.6 Å². The van der Waals surface area contributed by atoms with Crippen molar-refractivity contribution in [3.8, 4) is 5.75 Å². The van der Waals surface area contributed by atoms with Gasteiger partial charge in [-0.15, -0.1) is 0 Å². The van der Waals surface area contributed by atoms with Gasteiger partial charge in [0.2, 0.25) is 0 Å². The third-order valence-corrected chi connectivity index (χ3v) is 5.05. The quantitative estimate of drug-likeness (QED) is 0.338. The van der Waals surface area contributed by atoms with Crippen LogP contribution in [0.2, 0.25) is 0 Å². The molecule has 33 heavy (non-hydrogen) atoms. The number of hydrogen-bond acceptors (Lipinski definition) is 6. The summed E-state index contributed by atoms with van der Waals surface area (Å²) in [5, 5.41) is 3.96. The molecular weight excluding hydrogens is 424 g/mol. The number of aromatic nitrogens is 4. The maximum atomic E-state index is 12.3. The Labute approximate surface area is 188 Å². The van der Waals surface area contributed by atoms with Gasteiger partial charge in [0.1, 0.15) is 24.5 Å². The van der Waals surface area contributed by atoms with E-state index in [1.165, 1.54) is 35.8 Å². The molecule has 0 aliphatic heterocycles. The van der Waals surface area contributed by atoms with Crippen LogP contribution in [0.25, 0.3) is 11.2 Å². The van der Waals surface area contributed by atoms with Gasteiger partial charge in [0.25, 0.3) is 11.5 Å². The molecular formula is C23H22N6O4. The van der Waals surface area contributed by atoms with Gasteiger partial charge in [-0.25, -0.2) is 15.2 Å². The van der Waals surface area contributed by atoms with Crippen molar-refractivity contribution in [2.45, 2.75) is 13.2 Å². The standard InChI is InChI=1S/C23H22N6O4/c1-27-21-20(22(31)28(2)23(27)32)24-15-29(21)13-19(30)26-25-12-16-8-10-18(11-9-16)33-14-17-6-4-3-5-7-17/h3-12,15H,13-14H2,1-2H3,(H,26,30)/b25-12-. The smallest absolute Gasteiger partial charge is 0.332 e. The van der Waals surface area contributed by atoms with Gasteiger partial charge >= 0.3 is 5.69 Å². The molecule has 0 radical (unpaired) electrons. The van der Waals surface area contributed by atoms with Crippen LogP contribution in [-0.4, -0.2) is 30.8 Å². The third kappa shape index (κ3) is 4.74. The minimum atomic E-state index is -0.513. The molecule has 0 aliphatic rings. The molecule has 10 heteroatoms. The highest BCUT2D eigenvalue weighted by Crippen LogP contribution is 2.13. The first-order valence-electron chi connectivity index (χ1n) is 10.1. The van der Waals surface area contributed by atoms with Gasteiger partial charge in [0.15, 0.2) is 5.52 Å². The van der Waals surface area contributed by atoms with Crippen molar-refractivity contribution in [3.05, 3.63) is 92.9 Å². The zero-order chi connectivity index (χ0) is 23.4. The van der Waals surface area contributed by atoms with E-state index in [1.54, 1.807) is 0 Å². The Balaban J connectivity index is 1.36. The number of nitrogens with one attached hydrogen (secondary N) is 1. The number of benzene rings is 2. The molecule has 10 nitrogen and oxygen atoms in total. The molecule has 2 aromatic carbocycles. The summed E-state index contributed by atoms with van der Waals surface area (Å²) < 4.78 is 9.43. The van der Waals surface area contributed by atoms with E-state index in [4.69, 9.17) is 4.74 Å². The number of hydrogen-bond donors (Lipinski definition) is 1. The van der Waals surface area contributed by atoms with Gasteiger partial charge in [-0.3, -0.25) is 18.7 Å². The number of nitrogens with zero attached hydrogens (tertiary/aromatic N) is 5. The topological polar surface area (TPSA) is 113 Å². The van der Waals surface area contributed by atoms with E-state index in [9.17, 15) is 14.4 Å². The van der Waals surface area contributed by atoms with Crippen LogP contribution in [0.3, 0.4) is 0 Å². The van der Waals surface area contributed by atoms with Crippen molar-refractivity contribution >= 4 is 23.3 Å². The molecule has 2 heterocycles. The predicted octanol–water partition coefficient (Wildman–Crippen LogP) is 1.16. The first-order chi connectivity index (χ1) is 15.9. The van der Waals surface area contributed by atoms with Crippen LogP contribution < -0.4 is 21.4 Å². The first-order valence-corrected chi connectivity index (χ1v) is 10.1. The first kappa shape index (κ1) is 21.8. The van der Waals surface area contributed by atoms with Gasteiger partial charge in [-0.1, -0.05) is 30.3 Å². The zero-order valence-electron chi connectivity index (χ0n) is 18.1. The molecule has 0 saturated carbocycles. The van der Waals surface area contributed by atoms with E-state index in [-0.39, 0.29) is 17.7 Å². The van der Waals surface area contributed by atoms with Gasteiger partial charge in [-0.05, 0) is 35.4 Å². The van der Waals surface area contributed by atoms with Crippen LogP contribution in [0, 0.1) is 0 Å². The molecule has 0 bridgehead atoms. The summed E-state index contributed by atoms with van der Waals surface area (Å²) in [6.45, 7) is 0.325. The highest BCUT2D eigenvalue weighted by atomic mass is 16.5. The Morgan fingerprint density at radius 3 is 2.52 bits per heavy atom. The molecule has 1 N–H and O–H groups in total. The fourth-order valence-electron chi connectivity index (χ4n) is 3.32. The predicted molar refractivity (Wildman–Crippen MR) is 123 cm³/mol. The lowest BCUT2D eigenvalue weighted by atomic mass is 10.2. The Hall–Kier alpha value is -4.47. The lowest BCUT2D eigenvalue weighted by Crippen LogP contribution is -2.37. The van der Waals surface area contributed by atoms with E-state index in [0.29, 0.717) is 6.61 Å². The van der Waals surface area contributed by atoms with Gasteiger partial charge in [0, 0.05) is 14.1 Å². The van der Waals surface area contributed by atoms with Crippen LogP contribution in [0.5, 0.6) is 5.75 Å². The normalized spacial score (nSPS) is 11.2. The third-order valence-electron chi connectivity index (χ3n) is 5.05. The molecule has 168 valence electrons. The summed E-state index contributed by atoms with van der Waals surface area (Å²) in [7, 11) is 2.90. The Morgan fingerprint density at radius 2 is 1.79 bits per heavy atom. The summed E-state index contributed by atoms with van der Waals surface area (Å²) in [6.07, 6.45) is 2.86. The van der Waals surface area contributed by atoms with Gasteiger partial charge < -0.3 is 9.30 Å². The van der Waals surface area contributed by atoms with Crippen LogP contribution in [0.1, 0.15) is 11.1 Å². The Kier molecular flexibility index (Phi) is 6.16.